The third-order valence-corrected chi connectivity index (χ3v) is 4.35. The molecule has 0 bridgehead atoms. The predicted octanol–water partition coefficient (Wildman–Crippen LogP) is 2.31. The molecule has 1 aromatic heterocycles. The van der Waals surface area contributed by atoms with Gasteiger partial charge >= 0.3 is 5.69 Å². The van der Waals surface area contributed by atoms with Crippen molar-refractivity contribution in [3.05, 3.63) is 75.8 Å². The number of imidazole rings is 1. The Morgan fingerprint density at radius 1 is 1.04 bits per heavy atom. The van der Waals surface area contributed by atoms with Crippen LogP contribution in [-0.4, -0.2) is 21.4 Å². The first kappa shape index (κ1) is 13.7. The van der Waals surface area contributed by atoms with Gasteiger partial charge in [-0.25, -0.2) is 9.36 Å². The van der Waals surface area contributed by atoms with Gasteiger partial charge in [-0.2, -0.15) is 0 Å². The van der Waals surface area contributed by atoms with Crippen molar-refractivity contribution in [2.24, 2.45) is 0 Å². The quantitative estimate of drug-likeness (QED) is 0.618. The molecule has 2 heterocycles. The molecule has 0 saturated carbocycles. The Morgan fingerprint density at radius 2 is 1.74 bits per heavy atom. The summed E-state index contributed by atoms with van der Waals surface area (Å²) < 4.78 is 8.27. The molecular weight excluding hydrogens is 292 g/mol. The summed E-state index contributed by atoms with van der Waals surface area (Å²) in [7, 11) is 1.55. The van der Waals surface area contributed by atoms with Crippen molar-refractivity contribution in [1.82, 2.24) is 9.13 Å². The molecule has 2 aromatic carbocycles. The van der Waals surface area contributed by atoms with Crippen LogP contribution >= 0.6 is 0 Å². The summed E-state index contributed by atoms with van der Waals surface area (Å²) in [5, 5.41) is 10.6. The van der Waals surface area contributed by atoms with Crippen LogP contribution in [0.5, 0.6) is 11.6 Å². The highest BCUT2D eigenvalue weighted by molar-refractivity contribution is 5.50. The maximum atomic E-state index is 12.8. The topological polar surface area (TPSA) is 56.4 Å². The third-order valence-electron chi connectivity index (χ3n) is 4.35. The van der Waals surface area contributed by atoms with Gasteiger partial charge in [0.25, 0.3) is 0 Å². The van der Waals surface area contributed by atoms with Crippen LogP contribution in [0, 0.1) is 0 Å². The average Bonchev–Trinajstić information content (AvgIpc) is 2.83. The fourth-order valence-electron chi connectivity index (χ4n) is 3.18. The van der Waals surface area contributed by atoms with E-state index in [1.54, 1.807) is 23.8 Å². The highest BCUT2D eigenvalue weighted by Gasteiger charge is 2.26. The van der Waals surface area contributed by atoms with E-state index >= 15 is 0 Å². The van der Waals surface area contributed by atoms with E-state index in [0.717, 1.165) is 11.1 Å². The second-order valence-corrected chi connectivity index (χ2v) is 5.59. The normalized spacial score (nSPS) is 12.6. The monoisotopic (exact) mass is 308 g/mol. The highest BCUT2D eigenvalue weighted by Crippen LogP contribution is 2.31. The highest BCUT2D eigenvalue weighted by atomic mass is 16.5. The fraction of sp³-hybridized carbons (Fsp3) is 0.167. The number of aromatic nitrogens is 2. The molecular formula is C18H16N2O3. The minimum Gasteiger partial charge on any atom is -0.495 e. The van der Waals surface area contributed by atoms with Crippen LogP contribution in [0.4, 0.5) is 0 Å². The number of hydrogen-bond acceptors (Lipinski definition) is 3. The van der Waals surface area contributed by atoms with E-state index in [2.05, 4.69) is 0 Å². The number of rotatable bonds is 2. The zero-order valence-electron chi connectivity index (χ0n) is 12.7. The standard InChI is InChI=1S/C18H16N2O3/c1-23-16-9-5-4-8-14(16)20-17(21)15-10-12-6-2-3-7-13(12)11-19(15)18(20)22/h2-9,21H,10-11H2,1H3. The predicted molar refractivity (Wildman–Crippen MR) is 86.6 cm³/mol. The van der Waals surface area contributed by atoms with E-state index in [0.29, 0.717) is 30.1 Å². The molecule has 5 heteroatoms. The maximum Gasteiger partial charge on any atom is 0.336 e. The Balaban J connectivity index is 1.93. The average molecular weight is 308 g/mol. The molecule has 0 saturated heterocycles. The van der Waals surface area contributed by atoms with E-state index in [-0.39, 0.29) is 11.6 Å². The molecule has 0 fully saturated rings. The van der Waals surface area contributed by atoms with Crippen molar-refractivity contribution in [2.75, 3.05) is 7.11 Å². The lowest BCUT2D eigenvalue weighted by Gasteiger charge is -2.17. The minimum absolute atomic E-state index is 0.0194. The van der Waals surface area contributed by atoms with Gasteiger partial charge in [-0.15, -0.1) is 0 Å². The van der Waals surface area contributed by atoms with E-state index < -0.39 is 0 Å². The van der Waals surface area contributed by atoms with Gasteiger partial charge in [0.15, 0.2) is 0 Å². The van der Waals surface area contributed by atoms with Crippen LogP contribution in [0.2, 0.25) is 0 Å². The molecule has 23 heavy (non-hydrogen) atoms. The second kappa shape index (κ2) is 5.05. The number of hydrogen-bond donors (Lipinski definition) is 1. The molecule has 3 aromatic rings. The van der Waals surface area contributed by atoms with Crippen molar-refractivity contribution in [2.45, 2.75) is 13.0 Å². The summed E-state index contributed by atoms with van der Waals surface area (Å²) in [5.74, 6) is 0.527. The van der Waals surface area contributed by atoms with Crippen LogP contribution < -0.4 is 10.4 Å². The number of fused-ring (bicyclic) bond motifs is 2. The summed E-state index contributed by atoms with van der Waals surface area (Å²) in [4.78, 5) is 12.8. The molecule has 116 valence electrons. The molecule has 5 nitrogen and oxygen atoms in total. The van der Waals surface area contributed by atoms with Gasteiger partial charge in [-0.05, 0) is 23.3 Å². The van der Waals surface area contributed by atoms with E-state index in [4.69, 9.17) is 4.74 Å². The Labute approximate surface area is 133 Å². The minimum atomic E-state index is -0.253. The van der Waals surface area contributed by atoms with Crippen LogP contribution in [0.3, 0.4) is 0 Å². The molecule has 0 amide bonds. The van der Waals surface area contributed by atoms with Crippen molar-refractivity contribution in [3.8, 4) is 17.3 Å². The van der Waals surface area contributed by atoms with Gasteiger partial charge in [0.05, 0.1) is 25.0 Å². The van der Waals surface area contributed by atoms with Gasteiger partial charge < -0.3 is 9.84 Å². The number of ether oxygens (including phenoxy) is 1. The molecule has 1 aliphatic heterocycles. The van der Waals surface area contributed by atoms with Crippen molar-refractivity contribution >= 4 is 0 Å². The van der Waals surface area contributed by atoms with E-state index in [9.17, 15) is 9.90 Å². The van der Waals surface area contributed by atoms with Gasteiger partial charge in [-0.3, -0.25) is 4.57 Å². The number of benzene rings is 2. The van der Waals surface area contributed by atoms with Gasteiger partial charge in [0.1, 0.15) is 5.75 Å². The summed E-state index contributed by atoms with van der Waals surface area (Å²) in [5.41, 5.74) is 3.18. The van der Waals surface area contributed by atoms with Crippen LogP contribution in [0.1, 0.15) is 16.8 Å². The lowest BCUT2D eigenvalue weighted by atomic mass is 9.99. The lowest BCUT2D eigenvalue weighted by molar-refractivity contribution is 0.404. The summed E-state index contributed by atoms with van der Waals surface area (Å²) in [6, 6.07) is 15.2. The maximum absolute atomic E-state index is 12.8. The second-order valence-electron chi connectivity index (χ2n) is 5.59. The summed E-state index contributed by atoms with van der Waals surface area (Å²) in [6.45, 7) is 0.472. The third kappa shape index (κ3) is 1.97. The first-order valence-electron chi connectivity index (χ1n) is 7.44. The Hall–Kier alpha value is -2.95. The van der Waals surface area contributed by atoms with E-state index in [1.165, 1.54) is 4.57 Å². The van der Waals surface area contributed by atoms with E-state index in [1.807, 2.05) is 36.4 Å². The van der Waals surface area contributed by atoms with Crippen molar-refractivity contribution in [3.63, 3.8) is 0 Å². The smallest absolute Gasteiger partial charge is 0.336 e. The van der Waals surface area contributed by atoms with Crippen molar-refractivity contribution < 1.29 is 9.84 Å². The van der Waals surface area contributed by atoms with Gasteiger partial charge in [0.2, 0.25) is 5.88 Å². The fourth-order valence-corrected chi connectivity index (χ4v) is 3.18. The molecule has 4 rings (SSSR count). The molecule has 0 radical (unpaired) electrons. The van der Waals surface area contributed by atoms with Crippen LogP contribution in [0.15, 0.2) is 53.3 Å². The largest absolute Gasteiger partial charge is 0.495 e. The van der Waals surface area contributed by atoms with Crippen molar-refractivity contribution in [1.29, 1.82) is 0 Å². The lowest BCUT2D eigenvalue weighted by Crippen LogP contribution is -2.27. The van der Waals surface area contributed by atoms with Gasteiger partial charge in [0, 0.05) is 6.42 Å². The number of nitrogens with zero attached hydrogens (tertiary/aromatic N) is 2. The molecule has 0 atom stereocenters. The Bertz CT molecular complexity index is 953. The molecule has 0 unspecified atom stereocenters. The zero-order chi connectivity index (χ0) is 16.0. The SMILES string of the molecule is COc1ccccc1-n1c(O)c2n(c1=O)Cc1ccccc1C2. The number of aromatic hydroxyl groups is 1. The van der Waals surface area contributed by atoms with Crippen LogP contribution in [-0.2, 0) is 13.0 Å². The first-order valence-corrected chi connectivity index (χ1v) is 7.44. The summed E-state index contributed by atoms with van der Waals surface area (Å²) in [6.07, 6.45) is 0.541. The Morgan fingerprint density at radius 3 is 2.52 bits per heavy atom. The van der Waals surface area contributed by atoms with Gasteiger partial charge in [-0.1, -0.05) is 36.4 Å². The zero-order valence-corrected chi connectivity index (χ0v) is 12.7. The molecule has 1 aliphatic rings. The molecule has 1 N–H and O–H groups in total. The number of para-hydroxylation sites is 2. The Kier molecular flexibility index (Phi) is 3.01. The number of methoxy groups -OCH3 is 1. The summed E-state index contributed by atoms with van der Waals surface area (Å²) >= 11 is 0. The first-order chi connectivity index (χ1) is 11.2. The van der Waals surface area contributed by atoms with Crippen LogP contribution in [0.25, 0.3) is 5.69 Å². The molecule has 0 aliphatic carbocycles. The molecule has 0 spiro atoms.